The van der Waals surface area contributed by atoms with Gasteiger partial charge in [-0.05, 0) is 5.56 Å². The second kappa shape index (κ2) is 5.99. The number of nitrogens with two attached hydrogens (primary N) is 1. The lowest BCUT2D eigenvalue weighted by molar-refractivity contribution is 1.07. The Labute approximate surface area is 70.0 Å². The molecule has 2 N–H and O–H groups in total. The summed E-state index contributed by atoms with van der Waals surface area (Å²) in [6.45, 7) is 4.56. The summed E-state index contributed by atoms with van der Waals surface area (Å²) in [6.07, 6.45) is 0. The molecular weight excluding hydrogens is 133 g/mol. The predicted octanol–water partition coefficient (Wildman–Crippen LogP) is 0.965. The van der Waals surface area contributed by atoms with Crippen molar-refractivity contribution >= 4 is 13.3 Å². The molecule has 58 valence electrons. The second-order valence-electron chi connectivity index (χ2n) is 1.95. The third kappa shape index (κ3) is 3.84. The molecule has 0 aliphatic carbocycles. The van der Waals surface area contributed by atoms with E-state index in [-0.39, 0.29) is 0 Å². The highest BCUT2D eigenvalue weighted by Gasteiger charge is 1.85. The molecule has 0 heterocycles. The minimum absolute atomic E-state index is 0.561. The summed E-state index contributed by atoms with van der Waals surface area (Å²) in [4.78, 5) is 0. The molecule has 0 bridgehead atoms. The molecule has 0 spiro atoms. The van der Waals surface area contributed by atoms with Crippen molar-refractivity contribution in [1.29, 1.82) is 0 Å². The molecule has 1 nitrogen and oxygen atoms in total. The van der Waals surface area contributed by atoms with Gasteiger partial charge in [0.2, 0.25) is 0 Å². The Balaban J connectivity index is 0.000000461. The maximum Gasteiger partial charge on any atom is 0.113 e. The van der Waals surface area contributed by atoms with Gasteiger partial charge < -0.3 is 5.73 Å². The van der Waals surface area contributed by atoms with E-state index < -0.39 is 0 Å². The SMILES string of the molecule is CC.[B]c1cccc(CN)c1. The number of hydrogen-bond acceptors (Lipinski definition) is 1. The third-order valence-electron chi connectivity index (χ3n) is 1.19. The lowest BCUT2D eigenvalue weighted by Gasteiger charge is -1.95. The molecule has 0 saturated carbocycles. The second-order valence-corrected chi connectivity index (χ2v) is 1.95. The van der Waals surface area contributed by atoms with Gasteiger partial charge >= 0.3 is 0 Å². The Morgan fingerprint density at radius 3 is 2.36 bits per heavy atom. The molecule has 0 amide bonds. The minimum Gasteiger partial charge on any atom is -0.326 e. The van der Waals surface area contributed by atoms with Crippen LogP contribution in [0.3, 0.4) is 0 Å². The highest BCUT2D eigenvalue weighted by Crippen LogP contribution is 1.91. The molecular formula is C9H14BN. The molecule has 0 unspecified atom stereocenters. The average molecular weight is 147 g/mol. The van der Waals surface area contributed by atoms with Gasteiger partial charge in [-0.1, -0.05) is 43.6 Å². The molecule has 0 atom stereocenters. The van der Waals surface area contributed by atoms with Crippen molar-refractivity contribution in [2.45, 2.75) is 20.4 Å². The first-order valence-corrected chi connectivity index (χ1v) is 3.87. The molecule has 11 heavy (non-hydrogen) atoms. The van der Waals surface area contributed by atoms with E-state index in [0.717, 1.165) is 11.0 Å². The van der Waals surface area contributed by atoms with E-state index in [1.807, 2.05) is 38.1 Å². The van der Waals surface area contributed by atoms with Gasteiger partial charge in [0.25, 0.3) is 0 Å². The van der Waals surface area contributed by atoms with E-state index in [1.54, 1.807) is 0 Å². The fourth-order valence-electron chi connectivity index (χ4n) is 0.720. The van der Waals surface area contributed by atoms with E-state index in [0.29, 0.717) is 6.54 Å². The van der Waals surface area contributed by atoms with Crippen molar-refractivity contribution < 1.29 is 0 Å². The maximum atomic E-state index is 5.48. The van der Waals surface area contributed by atoms with Crippen LogP contribution in [-0.4, -0.2) is 7.85 Å². The van der Waals surface area contributed by atoms with Crippen molar-refractivity contribution in [3.63, 3.8) is 0 Å². The molecule has 0 aliphatic rings. The zero-order valence-electron chi connectivity index (χ0n) is 7.17. The normalized spacial score (nSPS) is 8.27. The van der Waals surface area contributed by atoms with E-state index in [4.69, 9.17) is 13.6 Å². The summed E-state index contributed by atoms with van der Waals surface area (Å²) in [5, 5.41) is 0. The standard InChI is InChI=1S/C7H8BN.C2H6/c8-7-3-1-2-6(4-7)5-9;1-2/h1-4H,5,9H2;1-2H3. The van der Waals surface area contributed by atoms with Gasteiger partial charge in [0.1, 0.15) is 7.85 Å². The average Bonchev–Trinajstić information content (AvgIpc) is 2.08. The van der Waals surface area contributed by atoms with Crippen LogP contribution >= 0.6 is 0 Å². The highest BCUT2D eigenvalue weighted by molar-refractivity contribution is 6.32. The van der Waals surface area contributed by atoms with Crippen LogP contribution in [0.15, 0.2) is 24.3 Å². The quantitative estimate of drug-likeness (QED) is 0.588. The van der Waals surface area contributed by atoms with Crippen LogP contribution in [0.2, 0.25) is 0 Å². The lowest BCUT2D eigenvalue weighted by atomic mass is 9.95. The summed E-state index contributed by atoms with van der Waals surface area (Å²) in [5.74, 6) is 0. The molecule has 1 aromatic rings. The number of benzene rings is 1. The summed E-state index contributed by atoms with van der Waals surface area (Å²) < 4.78 is 0. The van der Waals surface area contributed by atoms with Crippen LogP contribution in [0, 0.1) is 0 Å². The van der Waals surface area contributed by atoms with E-state index in [1.165, 1.54) is 0 Å². The Morgan fingerprint density at radius 2 is 2.00 bits per heavy atom. The highest BCUT2D eigenvalue weighted by atomic mass is 14.5. The monoisotopic (exact) mass is 147 g/mol. The van der Waals surface area contributed by atoms with Crippen LogP contribution < -0.4 is 11.2 Å². The zero-order valence-corrected chi connectivity index (χ0v) is 7.17. The largest absolute Gasteiger partial charge is 0.326 e. The van der Waals surface area contributed by atoms with Gasteiger partial charge in [0.05, 0.1) is 0 Å². The van der Waals surface area contributed by atoms with Crippen molar-refractivity contribution in [2.75, 3.05) is 0 Å². The number of rotatable bonds is 1. The Bertz CT molecular complexity index is 199. The molecule has 1 aromatic carbocycles. The van der Waals surface area contributed by atoms with Crippen molar-refractivity contribution in [1.82, 2.24) is 0 Å². The van der Waals surface area contributed by atoms with Gasteiger partial charge in [-0.3, -0.25) is 0 Å². The van der Waals surface area contributed by atoms with Crippen LogP contribution in [0.5, 0.6) is 0 Å². The molecule has 1 rings (SSSR count). The molecule has 2 radical (unpaired) electrons. The number of hydrogen-bond donors (Lipinski definition) is 1. The first-order chi connectivity index (χ1) is 5.33. The predicted molar refractivity (Wildman–Crippen MR) is 51.1 cm³/mol. The van der Waals surface area contributed by atoms with Crippen molar-refractivity contribution in [2.24, 2.45) is 5.73 Å². The van der Waals surface area contributed by atoms with Crippen molar-refractivity contribution in [3.05, 3.63) is 29.8 Å². The first kappa shape index (κ1) is 10.2. The van der Waals surface area contributed by atoms with Gasteiger partial charge in [-0.25, -0.2) is 0 Å². The molecule has 0 aliphatic heterocycles. The van der Waals surface area contributed by atoms with Crippen LogP contribution in [-0.2, 0) is 6.54 Å². The van der Waals surface area contributed by atoms with Crippen LogP contribution in [0.25, 0.3) is 0 Å². The van der Waals surface area contributed by atoms with Gasteiger partial charge in [0.15, 0.2) is 0 Å². The third-order valence-corrected chi connectivity index (χ3v) is 1.19. The van der Waals surface area contributed by atoms with Gasteiger partial charge in [-0.15, -0.1) is 0 Å². The van der Waals surface area contributed by atoms with Crippen molar-refractivity contribution in [3.8, 4) is 0 Å². The van der Waals surface area contributed by atoms with Crippen LogP contribution in [0.1, 0.15) is 19.4 Å². The molecule has 2 heteroatoms. The fourth-order valence-corrected chi connectivity index (χ4v) is 0.720. The smallest absolute Gasteiger partial charge is 0.113 e. The molecule has 0 aromatic heterocycles. The topological polar surface area (TPSA) is 26.0 Å². The first-order valence-electron chi connectivity index (χ1n) is 3.87. The van der Waals surface area contributed by atoms with Gasteiger partial charge in [-0.2, -0.15) is 0 Å². The maximum absolute atomic E-state index is 5.48. The Hall–Kier alpha value is -0.755. The minimum atomic E-state index is 0.561. The van der Waals surface area contributed by atoms with E-state index >= 15 is 0 Å². The zero-order chi connectivity index (χ0) is 8.69. The summed E-state index contributed by atoms with van der Waals surface area (Å²) >= 11 is 0. The molecule has 0 saturated heterocycles. The lowest BCUT2D eigenvalue weighted by Crippen LogP contribution is -2.05. The summed E-state index contributed by atoms with van der Waals surface area (Å²) in [6, 6.07) is 7.58. The van der Waals surface area contributed by atoms with Crippen LogP contribution in [0.4, 0.5) is 0 Å². The molecule has 0 fully saturated rings. The Kier molecular flexibility index (Phi) is 5.58. The summed E-state index contributed by atoms with van der Waals surface area (Å²) in [5.41, 5.74) is 7.22. The van der Waals surface area contributed by atoms with Gasteiger partial charge in [0, 0.05) is 6.54 Å². The Morgan fingerprint density at radius 1 is 1.36 bits per heavy atom. The van der Waals surface area contributed by atoms with E-state index in [9.17, 15) is 0 Å². The summed E-state index contributed by atoms with van der Waals surface area (Å²) in [7, 11) is 5.48. The van der Waals surface area contributed by atoms with E-state index in [2.05, 4.69) is 0 Å². The fraction of sp³-hybridized carbons (Fsp3) is 0.333.